The highest BCUT2D eigenvalue weighted by Crippen LogP contribution is 2.40. The summed E-state index contributed by atoms with van der Waals surface area (Å²) in [7, 11) is 0. The summed E-state index contributed by atoms with van der Waals surface area (Å²) in [5.74, 6) is 1.94. The van der Waals surface area contributed by atoms with Gasteiger partial charge in [0.2, 0.25) is 0 Å². The lowest BCUT2D eigenvalue weighted by molar-refractivity contribution is 0.295. The van der Waals surface area contributed by atoms with Crippen molar-refractivity contribution in [2.75, 3.05) is 19.6 Å². The van der Waals surface area contributed by atoms with Crippen LogP contribution in [0.25, 0.3) is 0 Å². The topological polar surface area (TPSA) is 15.3 Å². The maximum Gasteiger partial charge on any atom is 0.0127 e. The van der Waals surface area contributed by atoms with E-state index < -0.39 is 0 Å². The summed E-state index contributed by atoms with van der Waals surface area (Å²) in [5, 5.41) is 3.57. The fourth-order valence-corrected chi connectivity index (χ4v) is 2.85. The Kier molecular flexibility index (Phi) is 3.68. The highest BCUT2D eigenvalue weighted by atomic mass is 15.2. The second-order valence-electron chi connectivity index (χ2n) is 5.68. The molecule has 2 fully saturated rings. The Morgan fingerprint density at radius 3 is 2.80 bits per heavy atom. The third kappa shape index (κ3) is 2.94. The fraction of sp³-hybridized carbons (Fsp3) is 1.00. The van der Waals surface area contributed by atoms with Gasteiger partial charge >= 0.3 is 0 Å². The van der Waals surface area contributed by atoms with Crippen LogP contribution < -0.4 is 5.32 Å². The third-order valence-corrected chi connectivity index (χ3v) is 4.01. The lowest BCUT2D eigenvalue weighted by Gasteiger charge is -2.17. The molecular formula is C13H26N2. The zero-order chi connectivity index (χ0) is 10.8. The maximum atomic E-state index is 3.57. The molecule has 1 saturated heterocycles. The monoisotopic (exact) mass is 210 g/mol. The Balaban J connectivity index is 1.66. The van der Waals surface area contributed by atoms with E-state index in [1.807, 2.05) is 0 Å². The molecule has 1 heterocycles. The number of hydrogen-bond donors (Lipinski definition) is 1. The summed E-state index contributed by atoms with van der Waals surface area (Å²) < 4.78 is 0. The summed E-state index contributed by atoms with van der Waals surface area (Å²) >= 11 is 0. The molecule has 0 aromatic heterocycles. The number of hydrogen-bond acceptors (Lipinski definition) is 2. The SMILES string of the molecule is CCC1CC1N1CCC(CNC(C)C)C1. The van der Waals surface area contributed by atoms with Gasteiger partial charge < -0.3 is 5.32 Å². The molecule has 0 aromatic rings. The van der Waals surface area contributed by atoms with Crippen LogP contribution >= 0.6 is 0 Å². The molecule has 2 aliphatic rings. The molecule has 1 saturated carbocycles. The summed E-state index contributed by atoms with van der Waals surface area (Å²) in [4.78, 5) is 2.74. The van der Waals surface area contributed by atoms with Crippen molar-refractivity contribution in [3.05, 3.63) is 0 Å². The minimum atomic E-state index is 0.642. The highest BCUT2D eigenvalue weighted by molar-refractivity contribution is 4.97. The Hall–Kier alpha value is -0.0800. The average molecular weight is 210 g/mol. The van der Waals surface area contributed by atoms with Crippen molar-refractivity contribution in [2.24, 2.45) is 11.8 Å². The summed E-state index contributed by atoms with van der Waals surface area (Å²) in [6.45, 7) is 10.7. The van der Waals surface area contributed by atoms with Crippen LogP contribution in [0.4, 0.5) is 0 Å². The molecule has 2 rings (SSSR count). The lowest BCUT2D eigenvalue weighted by atomic mass is 10.1. The van der Waals surface area contributed by atoms with Crippen LogP contribution in [0, 0.1) is 11.8 Å². The van der Waals surface area contributed by atoms with E-state index in [9.17, 15) is 0 Å². The number of nitrogens with zero attached hydrogens (tertiary/aromatic N) is 1. The van der Waals surface area contributed by atoms with Crippen molar-refractivity contribution in [3.8, 4) is 0 Å². The Morgan fingerprint density at radius 2 is 2.20 bits per heavy atom. The van der Waals surface area contributed by atoms with Crippen molar-refractivity contribution in [1.29, 1.82) is 0 Å². The van der Waals surface area contributed by atoms with Crippen LogP contribution in [0.5, 0.6) is 0 Å². The van der Waals surface area contributed by atoms with Crippen LogP contribution in [0.2, 0.25) is 0 Å². The Bertz CT molecular complexity index is 203. The smallest absolute Gasteiger partial charge is 0.0127 e. The second-order valence-corrected chi connectivity index (χ2v) is 5.68. The molecule has 0 spiro atoms. The van der Waals surface area contributed by atoms with Gasteiger partial charge in [-0.05, 0) is 37.8 Å². The predicted octanol–water partition coefficient (Wildman–Crippen LogP) is 2.10. The molecule has 0 amide bonds. The van der Waals surface area contributed by atoms with Gasteiger partial charge in [0.05, 0.1) is 0 Å². The zero-order valence-corrected chi connectivity index (χ0v) is 10.5. The molecular weight excluding hydrogens is 184 g/mol. The molecule has 1 N–H and O–H groups in total. The van der Waals surface area contributed by atoms with Gasteiger partial charge in [0.25, 0.3) is 0 Å². The largest absolute Gasteiger partial charge is 0.314 e. The average Bonchev–Trinajstić information content (AvgIpc) is 2.86. The van der Waals surface area contributed by atoms with Crippen LogP contribution in [0.15, 0.2) is 0 Å². The molecule has 0 aromatic carbocycles. The van der Waals surface area contributed by atoms with E-state index >= 15 is 0 Å². The minimum absolute atomic E-state index is 0.642. The van der Waals surface area contributed by atoms with E-state index in [1.165, 1.54) is 38.9 Å². The van der Waals surface area contributed by atoms with Gasteiger partial charge in [0.1, 0.15) is 0 Å². The molecule has 2 heteroatoms. The van der Waals surface area contributed by atoms with Crippen molar-refractivity contribution >= 4 is 0 Å². The molecule has 0 radical (unpaired) electrons. The van der Waals surface area contributed by atoms with Crippen molar-refractivity contribution in [2.45, 2.75) is 52.1 Å². The van der Waals surface area contributed by atoms with Crippen LogP contribution in [-0.2, 0) is 0 Å². The van der Waals surface area contributed by atoms with Crippen molar-refractivity contribution in [3.63, 3.8) is 0 Å². The summed E-state index contributed by atoms with van der Waals surface area (Å²) in [6.07, 6.45) is 4.27. The second kappa shape index (κ2) is 4.84. The van der Waals surface area contributed by atoms with E-state index in [2.05, 4.69) is 31.0 Å². The molecule has 0 bridgehead atoms. The molecule has 1 aliphatic carbocycles. The van der Waals surface area contributed by atoms with E-state index in [-0.39, 0.29) is 0 Å². The normalized spacial score (nSPS) is 36.4. The fourth-order valence-electron chi connectivity index (χ4n) is 2.85. The minimum Gasteiger partial charge on any atom is -0.314 e. The van der Waals surface area contributed by atoms with Crippen LogP contribution in [0.3, 0.4) is 0 Å². The van der Waals surface area contributed by atoms with Gasteiger partial charge in [-0.2, -0.15) is 0 Å². The molecule has 3 unspecified atom stereocenters. The van der Waals surface area contributed by atoms with Crippen molar-refractivity contribution < 1.29 is 0 Å². The quantitative estimate of drug-likeness (QED) is 0.747. The first-order valence-electron chi connectivity index (χ1n) is 6.68. The third-order valence-electron chi connectivity index (χ3n) is 4.01. The van der Waals surface area contributed by atoms with E-state index in [1.54, 1.807) is 0 Å². The lowest BCUT2D eigenvalue weighted by Crippen LogP contribution is -2.31. The maximum absolute atomic E-state index is 3.57. The van der Waals surface area contributed by atoms with Crippen molar-refractivity contribution in [1.82, 2.24) is 10.2 Å². The van der Waals surface area contributed by atoms with Gasteiger partial charge in [0, 0.05) is 18.6 Å². The van der Waals surface area contributed by atoms with Gasteiger partial charge in [-0.25, -0.2) is 0 Å². The van der Waals surface area contributed by atoms with Crippen LogP contribution in [0.1, 0.15) is 40.0 Å². The number of likely N-dealkylation sites (tertiary alicyclic amines) is 1. The standard InChI is InChI=1S/C13H26N2/c1-4-12-7-13(12)15-6-5-11(9-15)8-14-10(2)3/h10-14H,4-9H2,1-3H3. The molecule has 2 nitrogen and oxygen atoms in total. The molecule has 1 aliphatic heterocycles. The first-order valence-corrected chi connectivity index (χ1v) is 6.68. The number of rotatable bonds is 5. The highest BCUT2D eigenvalue weighted by Gasteiger charge is 2.42. The van der Waals surface area contributed by atoms with Gasteiger partial charge in [-0.1, -0.05) is 27.2 Å². The molecule has 15 heavy (non-hydrogen) atoms. The van der Waals surface area contributed by atoms with Crippen LogP contribution in [-0.4, -0.2) is 36.6 Å². The zero-order valence-electron chi connectivity index (χ0n) is 10.5. The Labute approximate surface area is 94.4 Å². The van der Waals surface area contributed by atoms with Gasteiger partial charge in [-0.15, -0.1) is 0 Å². The van der Waals surface area contributed by atoms with Gasteiger partial charge in [-0.3, -0.25) is 4.90 Å². The Morgan fingerprint density at radius 1 is 1.40 bits per heavy atom. The van der Waals surface area contributed by atoms with E-state index in [4.69, 9.17) is 0 Å². The van der Waals surface area contributed by atoms with E-state index in [0.717, 1.165) is 17.9 Å². The first-order chi connectivity index (χ1) is 7.20. The first kappa shape index (κ1) is 11.4. The van der Waals surface area contributed by atoms with Gasteiger partial charge in [0.15, 0.2) is 0 Å². The molecule has 3 atom stereocenters. The predicted molar refractivity (Wildman–Crippen MR) is 65.0 cm³/mol. The number of nitrogens with one attached hydrogen (secondary N) is 1. The molecule has 88 valence electrons. The summed E-state index contributed by atoms with van der Waals surface area (Å²) in [5.41, 5.74) is 0. The van der Waals surface area contributed by atoms with E-state index in [0.29, 0.717) is 6.04 Å². The summed E-state index contributed by atoms with van der Waals surface area (Å²) in [6, 6.07) is 1.60.